The molecule has 9 heteroatoms. The minimum atomic E-state index is -3.85. The van der Waals surface area contributed by atoms with E-state index in [-0.39, 0.29) is 40.3 Å². The second kappa shape index (κ2) is 6.97. The zero-order valence-electron chi connectivity index (χ0n) is 13.7. The number of carbonyl (C=O) groups excluding carboxylic acids is 2. The molecule has 0 unspecified atom stereocenters. The van der Waals surface area contributed by atoms with Crippen molar-refractivity contribution in [2.45, 2.75) is 17.7 Å². The van der Waals surface area contributed by atoms with Crippen molar-refractivity contribution in [1.82, 2.24) is 0 Å². The molecule has 0 radical (unpaired) electrons. The van der Waals surface area contributed by atoms with Gasteiger partial charge in [0.2, 0.25) is 11.8 Å². The Morgan fingerprint density at radius 2 is 1.65 bits per heavy atom. The lowest BCUT2D eigenvalue weighted by Crippen LogP contribution is -2.28. The third kappa shape index (κ3) is 3.51. The highest BCUT2D eigenvalue weighted by atomic mass is 35.5. The van der Waals surface area contributed by atoms with E-state index in [0.29, 0.717) is 11.4 Å². The Hall–Kier alpha value is -2.58. The second-order valence-corrected chi connectivity index (χ2v) is 7.66. The first kappa shape index (κ1) is 18.2. The summed E-state index contributed by atoms with van der Waals surface area (Å²) >= 11 is 6.00. The van der Waals surface area contributed by atoms with E-state index < -0.39 is 10.0 Å². The minimum absolute atomic E-state index is 0.00714. The van der Waals surface area contributed by atoms with Crippen molar-refractivity contribution < 1.29 is 22.7 Å². The number of hydrogen-bond acceptors (Lipinski definition) is 5. The highest BCUT2D eigenvalue weighted by Crippen LogP contribution is 2.29. The fraction of sp³-hybridized carbons (Fsp3) is 0.176. The van der Waals surface area contributed by atoms with Crippen molar-refractivity contribution in [2.24, 2.45) is 0 Å². The van der Waals surface area contributed by atoms with E-state index in [9.17, 15) is 18.0 Å². The van der Waals surface area contributed by atoms with Crippen LogP contribution in [0.1, 0.15) is 12.8 Å². The number of hydrogen-bond donors (Lipinski definition) is 1. The predicted molar refractivity (Wildman–Crippen MR) is 97.0 cm³/mol. The van der Waals surface area contributed by atoms with E-state index in [1.54, 1.807) is 6.07 Å². The first-order valence-electron chi connectivity index (χ1n) is 7.64. The molecule has 26 heavy (non-hydrogen) atoms. The van der Waals surface area contributed by atoms with Gasteiger partial charge in [0.1, 0.15) is 5.75 Å². The SMILES string of the molecule is COc1ccc(NS(=O)(=O)c2ccc(N3C(=O)CCC3=O)cc2)cc1Cl. The van der Waals surface area contributed by atoms with Crippen LogP contribution in [-0.2, 0) is 19.6 Å². The van der Waals surface area contributed by atoms with E-state index in [2.05, 4.69) is 4.72 Å². The summed E-state index contributed by atoms with van der Waals surface area (Å²) in [4.78, 5) is 24.5. The van der Waals surface area contributed by atoms with Gasteiger partial charge >= 0.3 is 0 Å². The summed E-state index contributed by atoms with van der Waals surface area (Å²) in [6.45, 7) is 0. The topological polar surface area (TPSA) is 92.8 Å². The molecule has 2 aromatic rings. The van der Waals surface area contributed by atoms with Crippen molar-refractivity contribution in [3.63, 3.8) is 0 Å². The summed E-state index contributed by atoms with van der Waals surface area (Å²) in [6.07, 6.45) is 0.331. The monoisotopic (exact) mass is 394 g/mol. The number of nitrogens with one attached hydrogen (secondary N) is 1. The van der Waals surface area contributed by atoms with E-state index >= 15 is 0 Å². The summed E-state index contributed by atoms with van der Waals surface area (Å²) in [7, 11) is -2.39. The summed E-state index contributed by atoms with van der Waals surface area (Å²) < 4.78 is 32.4. The van der Waals surface area contributed by atoms with Gasteiger partial charge < -0.3 is 4.74 Å². The number of rotatable bonds is 5. The molecule has 2 amide bonds. The highest BCUT2D eigenvalue weighted by Gasteiger charge is 2.30. The Bertz CT molecular complexity index is 957. The molecule has 0 saturated carbocycles. The van der Waals surface area contributed by atoms with E-state index in [1.807, 2.05) is 0 Å². The van der Waals surface area contributed by atoms with Crippen molar-refractivity contribution in [2.75, 3.05) is 16.7 Å². The van der Waals surface area contributed by atoms with Gasteiger partial charge in [-0.05, 0) is 42.5 Å². The maximum atomic E-state index is 12.5. The Kier molecular flexibility index (Phi) is 4.88. The molecule has 1 fully saturated rings. The number of amides is 2. The molecule has 1 N–H and O–H groups in total. The van der Waals surface area contributed by atoms with Crippen LogP contribution in [0.5, 0.6) is 5.75 Å². The highest BCUT2D eigenvalue weighted by molar-refractivity contribution is 7.92. The molecular formula is C17H15ClN2O5S. The fourth-order valence-corrected chi connectivity index (χ4v) is 3.89. The molecule has 0 spiro atoms. The number of ether oxygens (including phenoxy) is 1. The molecule has 1 heterocycles. The molecule has 0 aliphatic carbocycles. The van der Waals surface area contributed by atoms with Crippen LogP contribution in [0.3, 0.4) is 0 Å². The predicted octanol–water partition coefficient (Wildman–Crippen LogP) is 2.80. The first-order valence-corrected chi connectivity index (χ1v) is 9.50. The first-order chi connectivity index (χ1) is 12.3. The number of halogens is 1. The van der Waals surface area contributed by atoms with Crippen LogP contribution in [0, 0.1) is 0 Å². The number of benzene rings is 2. The van der Waals surface area contributed by atoms with Crippen LogP contribution in [0.4, 0.5) is 11.4 Å². The molecule has 1 aliphatic rings. The average Bonchev–Trinajstić information content (AvgIpc) is 2.93. The van der Waals surface area contributed by atoms with Crippen LogP contribution in [0.2, 0.25) is 5.02 Å². The maximum absolute atomic E-state index is 12.5. The van der Waals surface area contributed by atoms with Gasteiger partial charge in [0.15, 0.2) is 0 Å². The normalized spacial score (nSPS) is 14.6. The minimum Gasteiger partial charge on any atom is -0.495 e. The summed E-state index contributed by atoms with van der Waals surface area (Å²) in [5.74, 6) is -0.160. The van der Waals surface area contributed by atoms with Crippen molar-refractivity contribution in [3.8, 4) is 5.75 Å². The van der Waals surface area contributed by atoms with Crippen molar-refractivity contribution in [3.05, 3.63) is 47.5 Å². The number of carbonyl (C=O) groups is 2. The lowest BCUT2D eigenvalue weighted by atomic mass is 10.3. The van der Waals surface area contributed by atoms with Crippen molar-refractivity contribution in [1.29, 1.82) is 0 Å². The molecule has 7 nitrogen and oxygen atoms in total. The molecule has 1 aliphatic heterocycles. The van der Waals surface area contributed by atoms with E-state index in [4.69, 9.17) is 16.3 Å². The van der Waals surface area contributed by atoms with Crippen molar-refractivity contribution >= 4 is 44.8 Å². The lowest BCUT2D eigenvalue weighted by molar-refractivity contribution is -0.121. The summed E-state index contributed by atoms with van der Waals surface area (Å²) in [6, 6.07) is 10.0. The van der Waals surface area contributed by atoms with Crippen LogP contribution >= 0.6 is 11.6 Å². The van der Waals surface area contributed by atoms with Gasteiger partial charge in [0.05, 0.1) is 28.4 Å². The number of methoxy groups -OCH3 is 1. The zero-order chi connectivity index (χ0) is 18.9. The number of sulfonamides is 1. The molecule has 0 bridgehead atoms. The van der Waals surface area contributed by atoms with Gasteiger partial charge in [-0.15, -0.1) is 0 Å². The van der Waals surface area contributed by atoms with Gasteiger partial charge in [0, 0.05) is 12.8 Å². The Labute approximate surface area is 155 Å². The molecule has 3 rings (SSSR count). The van der Waals surface area contributed by atoms with Gasteiger partial charge in [-0.2, -0.15) is 0 Å². The number of nitrogens with zero attached hydrogens (tertiary/aromatic N) is 1. The van der Waals surface area contributed by atoms with Crippen LogP contribution < -0.4 is 14.4 Å². The second-order valence-electron chi connectivity index (χ2n) is 5.57. The third-order valence-corrected chi connectivity index (χ3v) is 5.55. The Morgan fingerprint density at radius 3 is 2.19 bits per heavy atom. The standard InChI is InChI=1S/C17H15ClN2O5S/c1-25-15-7-2-11(10-14(15)18)19-26(23,24)13-5-3-12(4-6-13)20-16(21)8-9-17(20)22/h2-7,10,19H,8-9H2,1H3. The fourth-order valence-electron chi connectivity index (χ4n) is 2.58. The zero-order valence-corrected chi connectivity index (χ0v) is 15.3. The smallest absolute Gasteiger partial charge is 0.261 e. The quantitative estimate of drug-likeness (QED) is 0.787. The largest absolute Gasteiger partial charge is 0.495 e. The van der Waals surface area contributed by atoms with Crippen LogP contribution in [-0.4, -0.2) is 27.3 Å². The Balaban J connectivity index is 1.82. The molecule has 1 saturated heterocycles. The van der Waals surface area contributed by atoms with Crippen LogP contribution in [0.25, 0.3) is 0 Å². The molecule has 2 aromatic carbocycles. The molecule has 0 atom stereocenters. The van der Waals surface area contributed by atoms with E-state index in [1.165, 1.54) is 43.5 Å². The molecular weight excluding hydrogens is 380 g/mol. The van der Waals surface area contributed by atoms with Gasteiger partial charge in [0.25, 0.3) is 10.0 Å². The summed E-state index contributed by atoms with van der Waals surface area (Å²) in [5.41, 5.74) is 0.633. The Morgan fingerprint density at radius 1 is 1.04 bits per heavy atom. The van der Waals surface area contributed by atoms with Gasteiger partial charge in [-0.25, -0.2) is 8.42 Å². The third-order valence-electron chi connectivity index (χ3n) is 3.86. The maximum Gasteiger partial charge on any atom is 0.261 e. The molecule has 136 valence electrons. The summed E-state index contributed by atoms with van der Waals surface area (Å²) in [5, 5.41) is 0.272. The number of imide groups is 1. The van der Waals surface area contributed by atoms with Gasteiger partial charge in [-0.3, -0.25) is 19.2 Å². The van der Waals surface area contributed by atoms with Gasteiger partial charge in [-0.1, -0.05) is 11.6 Å². The lowest BCUT2D eigenvalue weighted by Gasteiger charge is -2.15. The average molecular weight is 395 g/mol. The van der Waals surface area contributed by atoms with Crippen LogP contribution in [0.15, 0.2) is 47.4 Å². The number of anilines is 2. The molecule has 0 aromatic heterocycles. The van der Waals surface area contributed by atoms with E-state index in [0.717, 1.165) is 4.90 Å².